The Morgan fingerprint density at radius 1 is 1.23 bits per heavy atom. The summed E-state index contributed by atoms with van der Waals surface area (Å²) in [5.41, 5.74) is 1.20. The predicted molar refractivity (Wildman–Crippen MR) is 102 cm³/mol. The van der Waals surface area contributed by atoms with Gasteiger partial charge in [-0.1, -0.05) is 12.8 Å². The first-order valence-corrected chi connectivity index (χ1v) is 11.6. The number of nitrogens with one attached hydrogen (secondary N) is 1. The van der Waals surface area contributed by atoms with Crippen molar-refractivity contribution in [3.63, 3.8) is 0 Å². The average molecular weight is 452 g/mol. The van der Waals surface area contributed by atoms with E-state index in [1.165, 1.54) is 31.4 Å². The zero-order chi connectivity index (χ0) is 21.9. The van der Waals surface area contributed by atoms with Crippen LogP contribution >= 0.6 is 0 Å². The van der Waals surface area contributed by atoms with Crippen molar-refractivity contribution in [2.75, 3.05) is 19.6 Å². The molecule has 0 saturated heterocycles. The van der Waals surface area contributed by atoms with Crippen LogP contribution in [0.25, 0.3) is 0 Å². The van der Waals surface area contributed by atoms with E-state index in [4.69, 9.17) is 9.90 Å². The molecule has 0 aromatic carbocycles. The molecule has 1 unspecified atom stereocenters. The molecule has 170 valence electrons. The van der Waals surface area contributed by atoms with Crippen LogP contribution in [0.15, 0.2) is 12.3 Å². The number of carboxylic acids is 1. The number of rotatable bonds is 6. The minimum atomic E-state index is -5.08. The van der Waals surface area contributed by atoms with Gasteiger partial charge >= 0.3 is 12.1 Å². The highest BCUT2D eigenvalue weighted by molar-refractivity contribution is 7.90. The van der Waals surface area contributed by atoms with Gasteiger partial charge < -0.3 is 5.11 Å². The summed E-state index contributed by atoms with van der Waals surface area (Å²) in [5, 5.41) is 11.4. The molecule has 2 N–H and O–H groups in total. The third kappa shape index (κ3) is 6.17. The minimum absolute atomic E-state index is 0.101. The molecule has 30 heavy (non-hydrogen) atoms. The number of sulfonamides is 1. The number of nitrogens with zero attached hydrogens (tertiary/aromatic N) is 3. The van der Waals surface area contributed by atoms with Gasteiger partial charge in [-0.3, -0.25) is 9.58 Å². The van der Waals surface area contributed by atoms with E-state index >= 15 is 0 Å². The molecule has 12 heteroatoms. The van der Waals surface area contributed by atoms with Crippen molar-refractivity contribution >= 4 is 16.0 Å². The Bertz CT molecular complexity index is 833. The molecule has 8 nitrogen and oxygen atoms in total. The molecule has 3 aliphatic rings. The molecule has 2 aliphatic carbocycles. The quantitative estimate of drug-likeness (QED) is 0.685. The Morgan fingerprint density at radius 3 is 2.43 bits per heavy atom. The van der Waals surface area contributed by atoms with Crippen molar-refractivity contribution in [2.24, 2.45) is 5.92 Å². The first-order valence-electron chi connectivity index (χ1n) is 10.1. The molecule has 0 bridgehead atoms. The van der Waals surface area contributed by atoms with Crippen LogP contribution in [0.5, 0.6) is 0 Å². The van der Waals surface area contributed by atoms with Gasteiger partial charge in [-0.25, -0.2) is 17.9 Å². The third-order valence-electron chi connectivity index (χ3n) is 5.67. The number of hydrogen-bond acceptors (Lipinski definition) is 5. The molecular weight excluding hydrogens is 425 g/mol. The smallest absolute Gasteiger partial charge is 0.475 e. The molecule has 1 atom stereocenters. The van der Waals surface area contributed by atoms with E-state index < -0.39 is 22.2 Å². The molecule has 2 heterocycles. The average Bonchev–Trinajstić information content (AvgIpc) is 3.22. The van der Waals surface area contributed by atoms with Gasteiger partial charge in [0.15, 0.2) is 0 Å². The lowest BCUT2D eigenvalue weighted by Crippen LogP contribution is -2.44. The Hall–Kier alpha value is -1.66. The van der Waals surface area contributed by atoms with Crippen molar-refractivity contribution in [1.82, 2.24) is 19.4 Å². The number of carboxylic acid groups (broad SMARTS) is 1. The molecule has 1 aromatic rings. The van der Waals surface area contributed by atoms with E-state index in [0.717, 1.165) is 38.4 Å². The maximum absolute atomic E-state index is 12.1. The first kappa shape index (κ1) is 23.0. The number of aromatic nitrogens is 2. The van der Waals surface area contributed by atoms with E-state index in [1.54, 1.807) is 0 Å². The highest BCUT2D eigenvalue weighted by Gasteiger charge is 2.38. The predicted octanol–water partition coefficient (Wildman–Crippen LogP) is 2.15. The summed E-state index contributed by atoms with van der Waals surface area (Å²) in [4.78, 5) is 11.4. The zero-order valence-corrected chi connectivity index (χ0v) is 17.3. The fourth-order valence-electron chi connectivity index (χ4n) is 4.02. The van der Waals surface area contributed by atoms with E-state index in [2.05, 4.69) is 20.8 Å². The second kappa shape index (κ2) is 9.23. The SMILES string of the molecule is O=C(O)C(F)(F)F.O=S(=O)(NCC1CN(CC2CCCC2)Cc2ccnn21)C1CC1. The lowest BCUT2D eigenvalue weighted by atomic mass is 10.1. The van der Waals surface area contributed by atoms with Crippen LogP contribution in [0, 0.1) is 5.92 Å². The number of hydrogen-bond donors (Lipinski definition) is 2. The summed E-state index contributed by atoms with van der Waals surface area (Å²) >= 11 is 0. The van der Waals surface area contributed by atoms with Crippen LogP contribution in [0.1, 0.15) is 50.3 Å². The van der Waals surface area contributed by atoms with Crippen LogP contribution in [0.4, 0.5) is 13.2 Å². The van der Waals surface area contributed by atoms with Gasteiger partial charge in [-0.15, -0.1) is 0 Å². The Balaban J connectivity index is 0.000000318. The fourth-order valence-corrected chi connectivity index (χ4v) is 5.44. The van der Waals surface area contributed by atoms with E-state index in [-0.39, 0.29) is 11.3 Å². The normalized spacial score (nSPS) is 23.0. The molecule has 0 spiro atoms. The summed E-state index contributed by atoms with van der Waals surface area (Å²) < 4.78 is 60.8. The van der Waals surface area contributed by atoms with Crippen LogP contribution in [-0.4, -0.2) is 65.2 Å². The first-order chi connectivity index (χ1) is 14.1. The van der Waals surface area contributed by atoms with Gasteiger partial charge in [0.1, 0.15) is 0 Å². The van der Waals surface area contributed by atoms with Crippen LogP contribution in [-0.2, 0) is 21.4 Å². The van der Waals surface area contributed by atoms with Crippen molar-refractivity contribution in [3.05, 3.63) is 18.0 Å². The standard InChI is InChI=1S/C16H26N4O2S.C2HF3O2/c21-23(22,16-5-6-16)18-9-15-12-19(10-13-3-1-2-4-13)11-14-7-8-17-20(14)15;3-2(4,5)1(6)7/h7-8,13,15-16,18H,1-6,9-12H2;(H,6,7). The summed E-state index contributed by atoms with van der Waals surface area (Å²) in [7, 11) is -3.12. The van der Waals surface area contributed by atoms with Crippen molar-refractivity contribution in [2.45, 2.75) is 62.5 Å². The highest BCUT2D eigenvalue weighted by Crippen LogP contribution is 2.30. The summed E-state index contributed by atoms with van der Waals surface area (Å²) in [6.07, 6.45) is 3.77. The molecule has 0 radical (unpaired) electrons. The lowest BCUT2D eigenvalue weighted by Gasteiger charge is -2.35. The fraction of sp³-hybridized carbons (Fsp3) is 0.778. The van der Waals surface area contributed by atoms with Gasteiger partial charge in [-0.2, -0.15) is 18.3 Å². The molecular formula is C18H27F3N4O4S. The minimum Gasteiger partial charge on any atom is -0.475 e. The summed E-state index contributed by atoms with van der Waals surface area (Å²) in [6, 6.07) is 2.16. The molecule has 1 aliphatic heterocycles. The number of fused-ring (bicyclic) bond motifs is 1. The molecule has 2 saturated carbocycles. The second-order valence-electron chi connectivity index (χ2n) is 8.16. The molecule has 2 fully saturated rings. The van der Waals surface area contributed by atoms with Crippen LogP contribution in [0.2, 0.25) is 0 Å². The Kier molecular flexibility index (Phi) is 7.08. The third-order valence-corrected chi connectivity index (χ3v) is 7.59. The second-order valence-corrected chi connectivity index (χ2v) is 10.2. The van der Waals surface area contributed by atoms with E-state index in [9.17, 15) is 21.6 Å². The van der Waals surface area contributed by atoms with Crippen molar-refractivity contribution < 1.29 is 31.5 Å². The van der Waals surface area contributed by atoms with Gasteiger partial charge in [0, 0.05) is 32.4 Å². The summed E-state index contributed by atoms with van der Waals surface area (Å²) in [6.45, 7) is 3.41. The largest absolute Gasteiger partial charge is 0.490 e. The van der Waals surface area contributed by atoms with E-state index in [0.29, 0.717) is 6.54 Å². The van der Waals surface area contributed by atoms with Crippen LogP contribution < -0.4 is 4.72 Å². The number of alkyl halides is 3. The molecule has 4 rings (SSSR count). The molecule has 0 amide bonds. The number of carbonyl (C=O) groups is 1. The topological polar surface area (TPSA) is 105 Å². The monoisotopic (exact) mass is 452 g/mol. The summed E-state index contributed by atoms with van der Waals surface area (Å²) in [5.74, 6) is -1.94. The van der Waals surface area contributed by atoms with Crippen molar-refractivity contribution in [3.8, 4) is 0 Å². The van der Waals surface area contributed by atoms with Gasteiger partial charge in [0.2, 0.25) is 10.0 Å². The lowest BCUT2D eigenvalue weighted by molar-refractivity contribution is -0.192. The van der Waals surface area contributed by atoms with Gasteiger partial charge in [0.05, 0.1) is 17.0 Å². The molecule has 1 aromatic heterocycles. The Morgan fingerprint density at radius 2 is 1.87 bits per heavy atom. The number of halogens is 3. The van der Waals surface area contributed by atoms with Gasteiger partial charge in [0.25, 0.3) is 0 Å². The van der Waals surface area contributed by atoms with Gasteiger partial charge in [-0.05, 0) is 37.7 Å². The number of aliphatic carboxylic acids is 1. The van der Waals surface area contributed by atoms with Crippen LogP contribution in [0.3, 0.4) is 0 Å². The van der Waals surface area contributed by atoms with E-state index in [1.807, 2.05) is 10.9 Å². The highest BCUT2D eigenvalue weighted by atomic mass is 32.2. The van der Waals surface area contributed by atoms with Crippen molar-refractivity contribution in [1.29, 1.82) is 0 Å². The Labute approximate surface area is 173 Å². The zero-order valence-electron chi connectivity index (χ0n) is 16.5. The maximum Gasteiger partial charge on any atom is 0.490 e. The maximum atomic E-state index is 12.1.